The third-order valence-corrected chi connectivity index (χ3v) is 2.92. The fourth-order valence-corrected chi connectivity index (χ4v) is 1.79. The van der Waals surface area contributed by atoms with Gasteiger partial charge in [-0.05, 0) is 26.3 Å². The number of rotatable bonds is 6. The number of hydrogen-bond donors (Lipinski definition) is 3. The van der Waals surface area contributed by atoms with Crippen molar-refractivity contribution >= 4 is 18.1 Å². The van der Waals surface area contributed by atoms with Crippen molar-refractivity contribution in [3.05, 3.63) is 35.9 Å². The highest BCUT2D eigenvalue weighted by Crippen LogP contribution is 2.06. The molecule has 1 rings (SSSR count). The van der Waals surface area contributed by atoms with Crippen LogP contribution in [0.3, 0.4) is 0 Å². The van der Waals surface area contributed by atoms with E-state index in [9.17, 15) is 14.4 Å². The van der Waals surface area contributed by atoms with Crippen molar-refractivity contribution < 1.29 is 23.9 Å². The molecule has 0 bridgehead atoms. The minimum atomic E-state index is -0.982. The van der Waals surface area contributed by atoms with Gasteiger partial charge in [-0.3, -0.25) is 4.79 Å². The molecule has 8 heteroatoms. The lowest BCUT2D eigenvalue weighted by Crippen LogP contribution is -2.52. The number of benzene rings is 1. The molecule has 1 atom stereocenters. The molecule has 0 aliphatic carbocycles. The van der Waals surface area contributed by atoms with E-state index in [4.69, 9.17) is 9.47 Å². The highest BCUT2D eigenvalue weighted by Gasteiger charge is 2.24. The summed E-state index contributed by atoms with van der Waals surface area (Å²) < 4.78 is 10.2. The first-order chi connectivity index (χ1) is 11.7. The Balaban J connectivity index is 2.48. The summed E-state index contributed by atoms with van der Waals surface area (Å²) in [5, 5.41) is 7.27. The zero-order chi connectivity index (χ0) is 18.9. The summed E-state index contributed by atoms with van der Waals surface area (Å²) in [6.45, 7) is 5.10. The van der Waals surface area contributed by atoms with Gasteiger partial charge in [0.15, 0.2) is 0 Å². The maximum Gasteiger partial charge on any atom is 0.408 e. The predicted octanol–water partition coefficient (Wildman–Crippen LogP) is 1.55. The Morgan fingerprint density at radius 2 is 1.72 bits per heavy atom. The van der Waals surface area contributed by atoms with Crippen molar-refractivity contribution in [2.24, 2.45) is 0 Å². The number of hydrogen-bond acceptors (Lipinski definition) is 5. The molecule has 8 nitrogen and oxygen atoms in total. The van der Waals surface area contributed by atoms with Gasteiger partial charge in [0.05, 0.1) is 6.54 Å². The van der Waals surface area contributed by atoms with E-state index in [0.29, 0.717) is 0 Å². The molecule has 0 unspecified atom stereocenters. The van der Waals surface area contributed by atoms with Gasteiger partial charge >= 0.3 is 12.2 Å². The number of likely N-dealkylation sites (N-methyl/N-ethyl adjacent to an activating group) is 1. The van der Waals surface area contributed by atoms with Crippen LogP contribution < -0.4 is 16.0 Å². The Hall–Kier alpha value is -2.77. The van der Waals surface area contributed by atoms with Crippen molar-refractivity contribution in [3.63, 3.8) is 0 Å². The molecule has 0 saturated carbocycles. The zero-order valence-corrected chi connectivity index (χ0v) is 14.9. The lowest BCUT2D eigenvalue weighted by atomic mass is 10.2. The number of ether oxygens (including phenoxy) is 2. The molecule has 0 saturated heterocycles. The van der Waals surface area contributed by atoms with Gasteiger partial charge in [0, 0.05) is 7.05 Å². The molecule has 0 fully saturated rings. The predicted molar refractivity (Wildman–Crippen MR) is 91.9 cm³/mol. The van der Waals surface area contributed by atoms with E-state index in [2.05, 4.69) is 16.0 Å². The van der Waals surface area contributed by atoms with E-state index in [1.54, 1.807) is 20.8 Å². The monoisotopic (exact) mass is 351 g/mol. The molecule has 25 heavy (non-hydrogen) atoms. The van der Waals surface area contributed by atoms with Crippen molar-refractivity contribution in [1.29, 1.82) is 0 Å². The summed E-state index contributed by atoms with van der Waals surface area (Å²) in [5.41, 5.74) is 0.145. The standard InChI is InChI=1S/C17H25N3O5/c1-17(2,3)25-16(23)20-13(14(21)18-4)10-19-15(22)24-11-12-8-6-5-7-9-12/h5-9,13H,10-11H2,1-4H3,(H,18,21)(H,19,22)(H,20,23)/t13-/m0/s1. The largest absolute Gasteiger partial charge is 0.445 e. The number of amides is 3. The van der Waals surface area contributed by atoms with Crippen molar-refractivity contribution in [2.75, 3.05) is 13.6 Å². The smallest absolute Gasteiger partial charge is 0.408 e. The fourth-order valence-electron chi connectivity index (χ4n) is 1.79. The minimum Gasteiger partial charge on any atom is -0.445 e. The Morgan fingerprint density at radius 1 is 1.08 bits per heavy atom. The third-order valence-electron chi connectivity index (χ3n) is 2.92. The van der Waals surface area contributed by atoms with Crippen molar-refractivity contribution in [1.82, 2.24) is 16.0 Å². The minimum absolute atomic E-state index is 0.108. The summed E-state index contributed by atoms with van der Waals surface area (Å²) >= 11 is 0. The second-order valence-electron chi connectivity index (χ2n) is 6.26. The lowest BCUT2D eigenvalue weighted by molar-refractivity contribution is -0.122. The van der Waals surface area contributed by atoms with E-state index >= 15 is 0 Å². The van der Waals surface area contributed by atoms with E-state index in [1.165, 1.54) is 7.05 Å². The molecule has 3 amide bonds. The van der Waals surface area contributed by atoms with Crippen LogP contribution in [-0.2, 0) is 20.9 Å². The van der Waals surface area contributed by atoms with Crippen LogP contribution in [0.2, 0.25) is 0 Å². The molecule has 0 heterocycles. The Kier molecular flexibility index (Phi) is 7.71. The third kappa shape index (κ3) is 8.59. The molecule has 1 aromatic carbocycles. The fraction of sp³-hybridized carbons (Fsp3) is 0.471. The Labute approximate surface area is 147 Å². The SMILES string of the molecule is CNC(=O)[C@H](CNC(=O)OCc1ccccc1)NC(=O)OC(C)(C)C. The van der Waals surface area contributed by atoms with Crippen LogP contribution >= 0.6 is 0 Å². The van der Waals surface area contributed by atoms with Crippen LogP contribution in [0.4, 0.5) is 9.59 Å². The summed E-state index contributed by atoms with van der Waals surface area (Å²) in [6.07, 6.45) is -1.44. The van der Waals surface area contributed by atoms with Gasteiger partial charge in [0.25, 0.3) is 0 Å². The molecule has 0 aromatic heterocycles. The summed E-state index contributed by atoms with van der Waals surface area (Å²) in [4.78, 5) is 35.4. The first kappa shape index (κ1) is 20.3. The molecule has 0 aliphatic rings. The molecular formula is C17H25N3O5. The average molecular weight is 351 g/mol. The van der Waals surface area contributed by atoms with Crippen LogP contribution in [0.5, 0.6) is 0 Å². The van der Waals surface area contributed by atoms with E-state index in [-0.39, 0.29) is 13.2 Å². The van der Waals surface area contributed by atoms with Crippen LogP contribution in [0.1, 0.15) is 26.3 Å². The number of carbonyl (C=O) groups excluding carboxylic acids is 3. The Morgan fingerprint density at radius 3 is 2.28 bits per heavy atom. The van der Waals surface area contributed by atoms with Crippen LogP contribution in [0, 0.1) is 0 Å². The van der Waals surface area contributed by atoms with Crippen molar-refractivity contribution in [3.8, 4) is 0 Å². The molecule has 138 valence electrons. The highest BCUT2D eigenvalue weighted by atomic mass is 16.6. The number of carbonyl (C=O) groups is 3. The average Bonchev–Trinajstić information content (AvgIpc) is 2.55. The van der Waals surface area contributed by atoms with Gasteiger partial charge in [0.2, 0.25) is 5.91 Å². The van der Waals surface area contributed by atoms with Crippen LogP contribution in [0.25, 0.3) is 0 Å². The van der Waals surface area contributed by atoms with Gasteiger partial charge in [-0.2, -0.15) is 0 Å². The maximum atomic E-state index is 11.8. The van der Waals surface area contributed by atoms with Crippen LogP contribution in [0.15, 0.2) is 30.3 Å². The van der Waals surface area contributed by atoms with Gasteiger partial charge in [-0.25, -0.2) is 9.59 Å². The zero-order valence-electron chi connectivity index (χ0n) is 14.9. The molecule has 0 radical (unpaired) electrons. The quantitative estimate of drug-likeness (QED) is 0.721. The van der Waals surface area contributed by atoms with E-state index in [0.717, 1.165) is 5.56 Å². The maximum absolute atomic E-state index is 11.8. The van der Waals surface area contributed by atoms with E-state index in [1.807, 2.05) is 30.3 Å². The first-order valence-corrected chi connectivity index (χ1v) is 7.87. The molecule has 3 N–H and O–H groups in total. The second-order valence-corrected chi connectivity index (χ2v) is 6.26. The van der Waals surface area contributed by atoms with E-state index < -0.39 is 29.7 Å². The molecular weight excluding hydrogens is 326 g/mol. The van der Waals surface area contributed by atoms with Gasteiger partial charge in [-0.1, -0.05) is 30.3 Å². The second kappa shape index (κ2) is 9.51. The Bertz CT molecular complexity index is 584. The molecule has 0 aliphatic heterocycles. The van der Waals surface area contributed by atoms with Gasteiger partial charge in [-0.15, -0.1) is 0 Å². The summed E-state index contributed by atoms with van der Waals surface area (Å²) in [5.74, 6) is -0.464. The van der Waals surface area contributed by atoms with Crippen LogP contribution in [-0.4, -0.2) is 43.3 Å². The topological polar surface area (TPSA) is 106 Å². The van der Waals surface area contributed by atoms with Crippen molar-refractivity contribution in [2.45, 2.75) is 39.0 Å². The van der Waals surface area contributed by atoms with Gasteiger partial charge < -0.3 is 25.4 Å². The molecule has 1 aromatic rings. The normalized spacial score (nSPS) is 11.8. The molecule has 0 spiro atoms. The summed E-state index contributed by atoms with van der Waals surface area (Å²) in [7, 11) is 1.43. The lowest BCUT2D eigenvalue weighted by Gasteiger charge is -2.23. The summed E-state index contributed by atoms with van der Waals surface area (Å²) in [6, 6.07) is 8.20. The highest BCUT2D eigenvalue weighted by molar-refractivity contribution is 5.86. The van der Waals surface area contributed by atoms with Gasteiger partial charge in [0.1, 0.15) is 18.2 Å². The number of nitrogens with one attached hydrogen (secondary N) is 3. The first-order valence-electron chi connectivity index (χ1n) is 7.87. The number of alkyl carbamates (subject to hydrolysis) is 2.